The molecule has 0 amide bonds. The molecule has 1 heterocycles. The molecule has 1 aliphatic rings. The second kappa shape index (κ2) is 4.23. The number of fused-ring (bicyclic) bond motifs is 1. The Labute approximate surface area is 91.9 Å². The molecule has 2 unspecified atom stereocenters. The van der Waals surface area contributed by atoms with Crippen molar-refractivity contribution in [2.45, 2.75) is 26.2 Å². The summed E-state index contributed by atoms with van der Waals surface area (Å²) in [6.45, 7) is 6.26. The lowest BCUT2D eigenvalue weighted by Gasteiger charge is -2.14. The topological polar surface area (TPSA) is 38.0 Å². The van der Waals surface area contributed by atoms with Gasteiger partial charge in [-0.15, -0.1) is 0 Å². The second-order valence-electron chi connectivity index (χ2n) is 4.69. The summed E-state index contributed by atoms with van der Waals surface area (Å²) < 4.78 is 0. The lowest BCUT2D eigenvalue weighted by atomic mass is 9.90. The molecular weight excluding hydrogens is 184 g/mol. The summed E-state index contributed by atoms with van der Waals surface area (Å²) >= 11 is 0. The van der Waals surface area contributed by atoms with Crippen LogP contribution in [0.5, 0.6) is 0 Å². The van der Waals surface area contributed by atoms with Gasteiger partial charge in [0.1, 0.15) is 0 Å². The summed E-state index contributed by atoms with van der Waals surface area (Å²) in [4.78, 5) is 0. The van der Waals surface area contributed by atoms with Crippen molar-refractivity contribution >= 4 is 5.69 Å². The van der Waals surface area contributed by atoms with Crippen LogP contribution in [0.1, 0.15) is 30.4 Å². The first-order valence-electron chi connectivity index (χ1n) is 5.75. The molecule has 0 saturated heterocycles. The summed E-state index contributed by atoms with van der Waals surface area (Å²) in [6.07, 6.45) is 1.19. The highest BCUT2D eigenvalue weighted by molar-refractivity contribution is 5.62. The van der Waals surface area contributed by atoms with Gasteiger partial charge in [-0.3, -0.25) is 0 Å². The highest BCUT2D eigenvalue weighted by Crippen LogP contribution is 2.37. The summed E-state index contributed by atoms with van der Waals surface area (Å²) in [5.41, 5.74) is 9.87. The van der Waals surface area contributed by atoms with Crippen molar-refractivity contribution in [3.8, 4) is 0 Å². The minimum absolute atomic E-state index is 0.614. The first kappa shape index (κ1) is 10.5. The minimum Gasteiger partial charge on any atom is -0.384 e. The molecule has 2 nitrogen and oxygen atoms in total. The molecule has 1 aliphatic heterocycles. The zero-order valence-electron chi connectivity index (χ0n) is 9.59. The molecular formula is C13H20N2. The summed E-state index contributed by atoms with van der Waals surface area (Å²) in [7, 11) is 0. The molecule has 2 heteroatoms. The molecule has 1 aromatic rings. The first-order chi connectivity index (χ1) is 7.22. The Hall–Kier alpha value is -1.02. The van der Waals surface area contributed by atoms with E-state index < -0.39 is 0 Å². The molecule has 0 spiro atoms. The lowest BCUT2D eigenvalue weighted by Crippen LogP contribution is -2.15. The van der Waals surface area contributed by atoms with Crippen molar-refractivity contribution in [2.75, 3.05) is 18.4 Å². The van der Waals surface area contributed by atoms with E-state index in [1.165, 1.54) is 23.2 Å². The van der Waals surface area contributed by atoms with Crippen LogP contribution in [0.2, 0.25) is 0 Å². The fourth-order valence-corrected chi connectivity index (χ4v) is 2.40. The number of nitrogens with two attached hydrogens (primary N) is 1. The number of aryl methyl sites for hydroxylation is 1. The zero-order chi connectivity index (χ0) is 10.8. The quantitative estimate of drug-likeness (QED) is 0.794. The van der Waals surface area contributed by atoms with Crippen LogP contribution < -0.4 is 11.1 Å². The van der Waals surface area contributed by atoms with Gasteiger partial charge in [0.2, 0.25) is 0 Å². The Morgan fingerprint density at radius 1 is 1.53 bits per heavy atom. The van der Waals surface area contributed by atoms with E-state index in [1.54, 1.807) is 0 Å². The average Bonchev–Trinajstić information content (AvgIpc) is 2.63. The smallest absolute Gasteiger partial charge is 0.0406 e. The van der Waals surface area contributed by atoms with Crippen molar-refractivity contribution in [1.29, 1.82) is 0 Å². The molecule has 0 radical (unpaired) electrons. The van der Waals surface area contributed by atoms with Crippen molar-refractivity contribution < 1.29 is 0 Å². The van der Waals surface area contributed by atoms with Crippen LogP contribution in [0.15, 0.2) is 18.2 Å². The molecule has 2 rings (SSSR count). The predicted molar refractivity (Wildman–Crippen MR) is 65.2 cm³/mol. The molecule has 0 saturated carbocycles. The number of nitrogens with one attached hydrogen (secondary N) is 1. The standard InChI is InChI=1S/C13H20N2/c1-9(7-14)6-11-8-15-13-10(2)4-3-5-12(11)13/h3-5,9,11,15H,6-8,14H2,1-2H3. The maximum Gasteiger partial charge on any atom is 0.0406 e. The highest BCUT2D eigenvalue weighted by Gasteiger charge is 2.24. The van der Waals surface area contributed by atoms with E-state index >= 15 is 0 Å². The van der Waals surface area contributed by atoms with Gasteiger partial charge in [0.15, 0.2) is 0 Å². The predicted octanol–water partition coefficient (Wildman–Crippen LogP) is 2.49. The Bertz CT molecular complexity index is 346. The van der Waals surface area contributed by atoms with Gasteiger partial charge >= 0.3 is 0 Å². The molecule has 0 bridgehead atoms. The van der Waals surface area contributed by atoms with E-state index in [0.29, 0.717) is 11.8 Å². The maximum atomic E-state index is 5.68. The number of hydrogen-bond donors (Lipinski definition) is 2. The van der Waals surface area contributed by atoms with Crippen LogP contribution in [0.25, 0.3) is 0 Å². The number of para-hydroxylation sites is 1. The zero-order valence-corrected chi connectivity index (χ0v) is 9.59. The molecule has 0 fully saturated rings. The molecule has 1 aromatic carbocycles. The van der Waals surface area contributed by atoms with Crippen molar-refractivity contribution in [3.05, 3.63) is 29.3 Å². The molecule has 82 valence electrons. The average molecular weight is 204 g/mol. The molecule has 0 aliphatic carbocycles. The van der Waals surface area contributed by atoms with Gasteiger partial charge in [-0.2, -0.15) is 0 Å². The number of rotatable bonds is 3. The van der Waals surface area contributed by atoms with Crippen LogP contribution in [-0.2, 0) is 0 Å². The van der Waals surface area contributed by atoms with Crippen LogP contribution in [-0.4, -0.2) is 13.1 Å². The van der Waals surface area contributed by atoms with Gasteiger partial charge in [-0.05, 0) is 36.9 Å². The fraction of sp³-hybridized carbons (Fsp3) is 0.538. The van der Waals surface area contributed by atoms with E-state index in [2.05, 4.69) is 37.4 Å². The number of benzene rings is 1. The van der Waals surface area contributed by atoms with Gasteiger partial charge in [-0.25, -0.2) is 0 Å². The third-order valence-corrected chi connectivity index (χ3v) is 3.36. The second-order valence-corrected chi connectivity index (χ2v) is 4.69. The van der Waals surface area contributed by atoms with Crippen LogP contribution in [0, 0.1) is 12.8 Å². The first-order valence-corrected chi connectivity index (χ1v) is 5.75. The Balaban J connectivity index is 2.18. The number of hydrogen-bond acceptors (Lipinski definition) is 2. The van der Waals surface area contributed by atoms with E-state index in [-0.39, 0.29) is 0 Å². The van der Waals surface area contributed by atoms with Gasteiger partial charge in [-0.1, -0.05) is 25.1 Å². The molecule has 2 atom stereocenters. The summed E-state index contributed by atoms with van der Waals surface area (Å²) in [5.74, 6) is 1.27. The SMILES string of the molecule is Cc1cccc2c1NCC2CC(C)CN. The Morgan fingerprint density at radius 2 is 2.33 bits per heavy atom. The van der Waals surface area contributed by atoms with E-state index in [9.17, 15) is 0 Å². The van der Waals surface area contributed by atoms with E-state index in [0.717, 1.165) is 13.1 Å². The maximum absolute atomic E-state index is 5.68. The van der Waals surface area contributed by atoms with Gasteiger partial charge in [0.05, 0.1) is 0 Å². The van der Waals surface area contributed by atoms with Gasteiger partial charge < -0.3 is 11.1 Å². The summed E-state index contributed by atoms with van der Waals surface area (Å²) in [5, 5.41) is 3.51. The fourth-order valence-electron chi connectivity index (χ4n) is 2.40. The molecule has 15 heavy (non-hydrogen) atoms. The van der Waals surface area contributed by atoms with Crippen molar-refractivity contribution in [2.24, 2.45) is 11.7 Å². The third kappa shape index (κ3) is 2.00. The van der Waals surface area contributed by atoms with Gasteiger partial charge in [0, 0.05) is 18.2 Å². The Morgan fingerprint density at radius 3 is 3.07 bits per heavy atom. The lowest BCUT2D eigenvalue weighted by molar-refractivity contribution is 0.493. The normalized spacial score (nSPS) is 20.9. The van der Waals surface area contributed by atoms with Crippen molar-refractivity contribution in [3.63, 3.8) is 0 Å². The van der Waals surface area contributed by atoms with E-state index in [4.69, 9.17) is 5.73 Å². The van der Waals surface area contributed by atoms with Crippen molar-refractivity contribution in [1.82, 2.24) is 0 Å². The van der Waals surface area contributed by atoms with Crippen LogP contribution >= 0.6 is 0 Å². The monoisotopic (exact) mass is 204 g/mol. The minimum atomic E-state index is 0.614. The highest BCUT2D eigenvalue weighted by atomic mass is 14.9. The Kier molecular flexibility index (Phi) is 2.96. The largest absolute Gasteiger partial charge is 0.384 e. The number of anilines is 1. The van der Waals surface area contributed by atoms with Crippen LogP contribution in [0.4, 0.5) is 5.69 Å². The molecule has 3 N–H and O–H groups in total. The summed E-state index contributed by atoms with van der Waals surface area (Å²) in [6, 6.07) is 6.57. The van der Waals surface area contributed by atoms with Crippen LogP contribution in [0.3, 0.4) is 0 Å². The third-order valence-electron chi connectivity index (χ3n) is 3.36. The van der Waals surface area contributed by atoms with Gasteiger partial charge in [0.25, 0.3) is 0 Å². The molecule has 0 aromatic heterocycles. The van der Waals surface area contributed by atoms with E-state index in [1.807, 2.05) is 0 Å².